The Morgan fingerprint density at radius 2 is 2.20 bits per heavy atom. The van der Waals surface area contributed by atoms with Gasteiger partial charge in [-0.2, -0.15) is 0 Å². The van der Waals surface area contributed by atoms with Crippen LogP contribution in [0.15, 0.2) is 34.7 Å². The minimum Gasteiger partial charge on any atom is -0.462 e. The normalized spacial score (nSPS) is 18.2. The Morgan fingerprint density at radius 3 is 3.00 bits per heavy atom. The molecule has 3 rings (SSSR count). The van der Waals surface area contributed by atoms with E-state index in [2.05, 4.69) is 15.2 Å². The third-order valence-corrected chi connectivity index (χ3v) is 4.40. The molecule has 1 aliphatic heterocycles. The molecule has 0 saturated carbocycles. The highest BCUT2D eigenvalue weighted by atomic mass is 16.5. The van der Waals surface area contributed by atoms with Gasteiger partial charge >= 0.3 is 0 Å². The third kappa shape index (κ3) is 4.90. The van der Waals surface area contributed by atoms with Crippen molar-refractivity contribution in [3.8, 4) is 0 Å². The molecule has 1 amide bonds. The number of carbonyl (C=O) groups is 1. The number of likely N-dealkylation sites (tertiary alicyclic amines) is 1. The van der Waals surface area contributed by atoms with Crippen LogP contribution in [0.3, 0.4) is 0 Å². The zero-order chi connectivity index (χ0) is 17.6. The molecule has 6 heteroatoms. The summed E-state index contributed by atoms with van der Waals surface area (Å²) in [7, 11) is 1.65. The summed E-state index contributed by atoms with van der Waals surface area (Å²) in [4.78, 5) is 19.2. The Kier molecular flexibility index (Phi) is 5.83. The number of carbonyl (C=O) groups excluding carboxylic acids is 1. The smallest absolute Gasteiger partial charge is 0.229 e. The Morgan fingerprint density at radius 1 is 1.36 bits per heavy atom. The topological polar surface area (TPSA) is 67.6 Å². The van der Waals surface area contributed by atoms with Crippen LogP contribution in [0.5, 0.6) is 0 Å². The number of nitrogens with one attached hydrogen (secondary N) is 1. The zero-order valence-electron chi connectivity index (χ0n) is 14.8. The molecule has 0 radical (unpaired) electrons. The molecule has 1 unspecified atom stereocenters. The molecule has 1 saturated heterocycles. The molecule has 2 aromatic rings. The lowest BCUT2D eigenvalue weighted by Gasteiger charge is -2.31. The van der Waals surface area contributed by atoms with Gasteiger partial charge in [0.25, 0.3) is 0 Å². The summed E-state index contributed by atoms with van der Waals surface area (Å²) >= 11 is 0. The first-order valence-electron chi connectivity index (χ1n) is 8.67. The van der Waals surface area contributed by atoms with Gasteiger partial charge < -0.3 is 14.5 Å². The molecule has 0 aromatic carbocycles. The summed E-state index contributed by atoms with van der Waals surface area (Å²) < 4.78 is 10.8. The maximum Gasteiger partial charge on any atom is 0.229 e. The van der Waals surface area contributed by atoms with Crippen molar-refractivity contribution in [2.75, 3.05) is 25.5 Å². The fourth-order valence-electron chi connectivity index (χ4n) is 3.20. The second kappa shape index (κ2) is 8.27. The van der Waals surface area contributed by atoms with E-state index in [1.54, 1.807) is 7.11 Å². The van der Waals surface area contributed by atoms with Crippen LogP contribution in [0, 0.1) is 12.8 Å². The summed E-state index contributed by atoms with van der Waals surface area (Å²) in [6, 6.07) is 9.57. The summed E-state index contributed by atoms with van der Waals surface area (Å²) in [6.45, 7) is 4.83. The molecule has 134 valence electrons. The van der Waals surface area contributed by atoms with E-state index in [1.165, 1.54) is 0 Å². The lowest BCUT2D eigenvalue weighted by molar-refractivity contribution is -0.121. The fourth-order valence-corrected chi connectivity index (χ4v) is 3.20. The fraction of sp³-hybridized carbons (Fsp3) is 0.474. The number of amides is 1. The summed E-state index contributed by atoms with van der Waals surface area (Å²) in [5.41, 5.74) is 0.896. The minimum atomic E-state index is -0.0236. The van der Waals surface area contributed by atoms with Crippen molar-refractivity contribution < 1.29 is 13.9 Å². The highest BCUT2D eigenvalue weighted by Crippen LogP contribution is 2.21. The van der Waals surface area contributed by atoms with E-state index in [0.29, 0.717) is 12.4 Å². The summed E-state index contributed by atoms with van der Waals surface area (Å²) in [5, 5.41) is 2.94. The van der Waals surface area contributed by atoms with E-state index in [0.717, 1.165) is 49.7 Å². The molecule has 1 fully saturated rings. The maximum absolute atomic E-state index is 12.5. The quantitative estimate of drug-likeness (QED) is 0.873. The van der Waals surface area contributed by atoms with Crippen molar-refractivity contribution in [3.05, 3.63) is 47.5 Å². The monoisotopic (exact) mass is 343 g/mol. The van der Waals surface area contributed by atoms with Gasteiger partial charge in [-0.25, -0.2) is 4.98 Å². The number of ether oxygens (including phenoxy) is 1. The first-order chi connectivity index (χ1) is 12.1. The van der Waals surface area contributed by atoms with Crippen LogP contribution < -0.4 is 5.32 Å². The molecule has 0 bridgehead atoms. The standard InChI is InChI=1S/C19H25N3O3/c1-14-5-3-7-18(20-14)21-19(23)15-6-4-10-22(11-15)12-16-8-9-17(25-16)13-24-2/h3,5,7-9,15H,4,6,10-13H2,1-2H3,(H,20,21,23). The molecule has 6 nitrogen and oxygen atoms in total. The van der Waals surface area contributed by atoms with Gasteiger partial charge in [-0.05, 0) is 50.6 Å². The van der Waals surface area contributed by atoms with Gasteiger partial charge in [0.2, 0.25) is 5.91 Å². The number of piperidine rings is 1. The Hall–Kier alpha value is -2.18. The van der Waals surface area contributed by atoms with Crippen LogP contribution in [0.4, 0.5) is 5.82 Å². The number of hydrogen-bond donors (Lipinski definition) is 1. The van der Waals surface area contributed by atoms with Crippen molar-refractivity contribution in [1.29, 1.82) is 0 Å². The second-order valence-corrected chi connectivity index (χ2v) is 6.53. The molecule has 3 heterocycles. The van der Waals surface area contributed by atoms with E-state index in [1.807, 2.05) is 37.3 Å². The summed E-state index contributed by atoms with van der Waals surface area (Å²) in [6.07, 6.45) is 1.91. The van der Waals surface area contributed by atoms with Crippen LogP contribution in [-0.2, 0) is 22.7 Å². The summed E-state index contributed by atoms with van der Waals surface area (Å²) in [5.74, 6) is 2.38. The molecule has 25 heavy (non-hydrogen) atoms. The predicted molar refractivity (Wildman–Crippen MR) is 95.0 cm³/mol. The number of methoxy groups -OCH3 is 1. The maximum atomic E-state index is 12.5. The van der Waals surface area contributed by atoms with E-state index in [-0.39, 0.29) is 11.8 Å². The predicted octanol–water partition coefficient (Wildman–Crippen LogP) is 2.98. The zero-order valence-corrected chi connectivity index (χ0v) is 14.8. The largest absolute Gasteiger partial charge is 0.462 e. The Labute approximate surface area is 148 Å². The number of furan rings is 1. The van der Waals surface area contributed by atoms with Crippen LogP contribution in [0.2, 0.25) is 0 Å². The second-order valence-electron chi connectivity index (χ2n) is 6.53. The van der Waals surface area contributed by atoms with Gasteiger partial charge in [0, 0.05) is 19.3 Å². The van der Waals surface area contributed by atoms with Crippen molar-refractivity contribution >= 4 is 11.7 Å². The van der Waals surface area contributed by atoms with Gasteiger partial charge in [-0.15, -0.1) is 0 Å². The van der Waals surface area contributed by atoms with Crippen LogP contribution >= 0.6 is 0 Å². The molecule has 0 spiro atoms. The van der Waals surface area contributed by atoms with E-state index in [4.69, 9.17) is 9.15 Å². The highest BCUT2D eigenvalue weighted by molar-refractivity contribution is 5.91. The van der Waals surface area contributed by atoms with Crippen molar-refractivity contribution in [1.82, 2.24) is 9.88 Å². The number of hydrogen-bond acceptors (Lipinski definition) is 5. The Balaban J connectivity index is 1.55. The first kappa shape index (κ1) is 17.6. The molecule has 1 N–H and O–H groups in total. The average molecular weight is 343 g/mol. The molecule has 0 aliphatic carbocycles. The van der Waals surface area contributed by atoms with Gasteiger partial charge in [0.05, 0.1) is 12.5 Å². The number of aromatic nitrogens is 1. The number of nitrogens with zero attached hydrogens (tertiary/aromatic N) is 2. The third-order valence-electron chi connectivity index (χ3n) is 4.40. The Bertz CT molecular complexity index is 713. The number of anilines is 1. The minimum absolute atomic E-state index is 0.0236. The lowest BCUT2D eigenvalue weighted by atomic mass is 9.97. The van der Waals surface area contributed by atoms with Gasteiger partial charge in [0.1, 0.15) is 23.9 Å². The first-order valence-corrected chi connectivity index (χ1v) is 8.67. The molecular weight excluding hydrogens is 318 g/mol. The van der Waals surface area contributed by atoms with Crippen LogP contribution in [0.1, 0.15) is 30.1 Å². The van der Waals surface area contributed by atoms with Crippen molar-refractivity contribution in [2.45, 2.75) is 32.9 Å². The van der Waals surface area contributed by atoms with Crippen molar-refractivity contribution in [3.63, 3.8) is 0 Å². The molecule has 2 aromatic heterocycles. The van der Waals surface area contributed by atoms with Gasteiger partial charge in [-0.1, -0.05) is 6.07 Å². The van der Waals surface area contributed by atoms with Gasteiger partial charge in [-0.3, -0.25) is 9.69 Å². The number of pyridine rings is 1. The van der Waals surface area contributed by atoms with Crippen LogP contribution in [0.25, 0.3) is 0 Å². The number of aryl methyl sites for hydroxylation is 1. The van der Waals surface area contributed by atoms with E-state index < -0.39 is 0 Å². The highest BCUT2D eigenvalue weighted by Gasteiger charge is 2.26. The van der Waals surface area contributed by atoms with Crippen LogP contribution in [-0.4, -0.2) is 36.0 Å². The molecular formula is C19H25N3O3. The SMILES string of the molecule is COCc1ccc(CN2CCCC(C(=O)Nc3cccc(C)n3)C2)o1. The average Bonchev–Trinajstić information content (AvgIpc) is 3.02. The molecule has 1 aliphatic rings. The molecule has 1 atom stereocenters. The number of rotatable bonds is 6. The van der Waals surface area contributed by atoms with Crippen molar-refractivity contribution in [2.24, 2.45) is 5.92 Å². The van der Waals surface area contributed by atoms with E-state index >= 15 is 0 Å². The van der Waals surface area contributed by atoms with E-state index in [9.17, 15) is 4.79 Å². The van der Waals surface area contributed by atoms with Gasteiger partial charge in [0.15, 0.2) is 0 Å². The lowest BCUT2D eigenvalue weighted by Crippen LogP contribution is -2.40.